The van der Waals surface area contributed by atoms with E-state index >= 15 is 0 Å². The predicted octanol–water partition coefficient (Wildman–Crippen LogP) is 3.91. The maximum absolute atomic E-state index is 4.47. The Hall–Kier alpha value is -1.39. The molecule has 0 amide bonds. The Kier molecular flexibility index (Phi) is 5.56. The van der Waals surface area contributed by atoms with E-state index in [2.05, 4.69) is 58.7 Å². The lowest BCUT2D eigenvalue weighted by Gasteiger charge is -2.18. The van der Waals surface area contributed by atoms with Crippen LogP contribution in [0.1, 0.15) is 30.1 Å². The minimum Gasteiger partial charge on any atom is -0.379 e. The van der Waals surface area contributed by atoms with Crippen LogP contribution in [0, 0.1) is 6.92 Å². The largest absolute Gasteiger partial charge is 0.379 e. The maximum atomic E-state index is 4.47. The quantitative estimate of drug-likeness (QED) is 0.837. The van der Waals surface area contributed by atoms with E-state index in [1.165, 1.54) is 11.3 Å². The van der Waals surface area contributed by atoms with Gasteiger partial charge in [-0.05, 0) is 37.7 Å². The molecule has 108 valence electrons. The highest BCUT2D eigenvalue weighted by molar-refractivity contribution is 7.09. The number of nitrogens with one attached hydrogen (secondary N) is 1. The molecule has 3 nitrogen and oxygen atoms in total. The fourth-order valence-corrected chi connectivity index (χ4v) is 2.78. The number of aromatic nitrogens is 1. The molecule has 2 aromatic rings. The highest BCUT2D eigenvalue weighted by Gasteiger charge is 2.03. The minimum absolute atomic E-state index is 0.791. The van der Waals surface area contributed by atoms with Crippen LogP contribution in [0.2, 0.25) is 0 Å². The van der Waals surface area contributed by atoms with Gasteiger partial charge in [-0.2, -0.15) is 0 Å². The topological polar surface area (TPSA) is 28.2 Å². The monoisotopic (exact) mass is 289 g/mol. The number of nitrogens with zero attached hydrogens (tertiary/aromatic N) is 2. The second-order valence-electron chi connectivity index (χ2n) is 4.87. The lowest BCUT2D eigenvalue weighted by atomic mass is 10.2. The standard InChI is InChI=1S/C16H23N3S/c1-4-19(5-2)11-14-7-6-8-15(9-14)17-10-16-12-20-13(3)18-16/h6-9,12,17H,4-5,10-11H2,1-3H3. The Morgan fingerprint density at radius 3 is 2.70 bits per heavy atom. The molecule has 0 saturated heterocycles. The van der Waals surface area contributed by atoms with E-state index < -0.39 is 0 Å². The highest BCUT2D eigenvalue weighted by Crippen LogP contribution is 2.15. The fraction of sp³-hybridized carbons (Fsp3) is 0.438. The lowest BCUT2D eigenvalue weighted by Crippen LogP contribution is -2.22. The van der Waals surface area contributed by atoms with Crippen molar-refractivity contribution in [3.05, 3.63) is 45.9 Å². The van der Waals surface area contributed by atoms with Crippen LogP contribution < -0.4 is 5.32 Å². The second kappa shape index (κ2) is 7.41. The molecule has 0 spiro atoms. The van der Waals surface area contributed by atoms with Gasteiger partial charge in [0.1, 0.15) is 0 Å². The van der Waals surface area contributed by atoms with Crippen LogP contribution in [0.15, 0.2) is 29.6 Å². The number of thiazole rings is 1. The summed E-state index contributed by atoms with van der Waals surface area (Å²) in [5.74, 6) is 0. The van der Waals surface area contributed by atoms with Crippen LogP contribution in [0.4, 0.5) is 5.69 Å². The van der Waals surface area contributed by atoms with Gasteiger partial charge < -0.3 is 5.32 Å². The molecular formula is C16H23N3S. The zero-order valence-electron chi connectivity index (χ0n) is 12.5. The van der Waals surface area contributed by atoms with E-state index in [1.807, 2.05) is 6.92 Å². The van der Waals surface area contributed by atoms with E-state index in [-0.39, 0.29) is 0 Å². The molecule has 1 heterocycles. The van der Waals surface area contributed by atoms with E-state index in [4.69, 9.17) is 0 Å². The van der Waals surface area contributed by atoms with Crippen LogP contribution in [0.5, 0.6) is 0 Å². The molecule has 0 aliphatic carbocycles. The van der Waals surface area contributed by atoms with Crippen molar-refractivity contribution in [3.8, 4) is 0 Å². The normalized spacial score (nSPS) is 11.0. The third-order valence-electron chi connectivity index (χ3n) is 3.37. The minimum atomic E-state index is 0.791. The Morgan fingerprint density at radius 1 is 1.25 bits per heavy atom. The molecule has 1 aromatic carbocycles. The van der Waals surface area contributed by atoms with Crippen LogP contribution >= 0.6 is 11.3 Å². The van der Waals surface area contributed by atoms with E-state index in [0.29, 0.717) is 0 Å². The van der Waals surface area contributed by atoms with Gasteiger partial charge in [0.25, 0.3) is 0 Å². The summed E-state index contributed by atoms with van der Waals surface area (Å²) in [6.07, 6.45) is 0. The summed E-state index contributed by atoms with van der Waals surface area (Å²) in [6, 6.07) is 8.66. The van der Waals surface area contributed by atoms with Crippen LogP contribution in [-0.4, -0.2) is 23.0 Å². The van der Waals surface area contributed by atoms with Gasteiger partial charge in [0.05, 0.1) is 17.2 Å². The summed E-state index contributed by atoms with van der Waals surface area (Å²) in [7, 11) is 0. The van der Waals surface area contributed by atoms with Gasteiger partial charge in [-0.25, -0.2) is 4.98 Å². The summed E-state index contributed by atoms with van der Waals surface area (Å²) >= 11 is 1.70. The van der Waals surface area contributed by atoms with Crippen molar-refractivity contribution in [2.24, 2.45) is 0 Å². The molecule has 0 saturated carbocycles. The first-order valence-electron chi connectivity index (χ1n) is 7.17. The van der Waals surface area contributed by atoms with E-state index in [1.54, 1.807) is 11.3 Å². The predicted molar refractivity (Wildman–Crippen MR) is 87.2 cm³/mol. The van der Waals surface area contributed by atoms with Gasteiger partial charge in [-0.1, -0.05) is 26.0 Å². The summed E-state index contributed by atoms with van der Waals surface area (Å²) in [5, 5.41) is 6.69. The van der Waals surface area contributed by atoms with Crippen LogP contribution in [0.3, 0.4) is 0 Å². The molecule has 0 aliphatic heterocycles. The number of aryl methyl sites for hydroxylation is 1. The maximum Gasteiger partial charge on any atom is 0.0898 e. The highest BCUT2D eigenvalue weighted by atomic mass is 32.1. The van der Waals surface area contributed by atoms with Crippen molar-refractivity contribution in [2.75, 3.05) is 18.4 Å². The number of anilines is 1. The van der Waals surface area contributed by atoms with Gasteiger partial charge in [-0.3, -0.25) is 4.90 Å². The van der Waals surface area contributed by atoms with Crippen molar-refractivity contribution < 1.29 is 0 Å². The van der Waals surface area contributed by atoms with Crippen molar-refractivity contribution in [1.29, 1.82) is 0 Å². The Morgan fingerprint density at radius 2 is 2.05 bits per heavy atom. The first-order valence-corrected chi connectivity index (χ1v) is 8.05. The van der Waals surface area contributed by atoms with Crippen molar-refractivity contribution in [3.63, 3.8) is 0 Å². The molecule has 0 fully saturated rings. The summed E-state index contributed by atoms with van der Waals surface area (Å²) in [4.78, 5) is 6.89. The molecule has 20 heavy (non-hydrogen) atoms. The average Bonchev–Trinajstić information content (AvgIpc) is 2.89. The zero-order chi connectivity index (χ0) is 14.4. The Labute approximate surface area is 125 Å². The molecule has 0 unspecified atom stereocenters. The molecule has 1 N–H and O–H groups in total. The molecule has 0 bridgehead atoms. The van der Waals surface area contributed by atoms with Crippen molar-refractivity contribution in [1.82, 2.24) is 9.88 Å². The van der Waals surface area contributed by atoms with Gasteiger partial charge >= 0.3 is 0 Å². The second-order valence-corrected chi connectivity index (χ2v) is 5.94. The Bertz CT molecular complexity index is 532. The van der Waals surface area contributed by atoms with Crippen LogP contribution in [0.25, 0.3) is 0 Å². The Balaban J connectivity index is 1.95. The zero-order valence-corrected chi connectivity index (χ0v) is 13.3. The van der Waals surface area contributed by atoms with Crippen molar-refractivity contribution >= 4 is 17.0 Å². The number of hydrogen-bond donors (Lipinski definition) is 1. The third kappa shape index (κ3) is 4.32. The molecule has 2 rings (SSSR count). The van der Waals surface area contributed by atoms with Gasteiger partial charge in [-0.15, -0.1) is 11.3 Å². The lowest BCUT2D eigenvalue weighted by molar-refractivity contribution is 0.296. The fourth-order valence-electron chi connectivity index (χ4n) is 2.17. The molecule has 4 heteroatoms. The summed E-state index contributed by atoms with van der Waals surface area (Å²) in [5.41, 5.74) is 3.63. The van der Waals surface area contributed by atoms with Gasteiger partial charge in [0.15, 0.2) is 0 Å². The summed E-state index contributed by atoms with van der Waals surface area (Å²) < 4.78 is 0. The molecule has 0 aliphatic rings. The van der Waals surface area contributed by atoms with E-state index in [9.17, 15) is 0 Å². The van der Waals surface area contributed by atoms with Gasteiger partial charge in [0, 0.05) is 17.6 Å². The SMILES string of the molecule is CCN(CC)Cc1cccc(NCc2csc(C)n2)c1. The van der Waals surface area contributed by atoms with Crippen molar-refractivity contribution in [2.45, 2.75) is 33.9 Å². The smallest absolute Gasteiger partial charge is 0.0898 e. The molecular weight excluding hydrogens is 266 g/mol. The number of benzene rings is 1. The molecule has 1 aromatic heterocycles. The number of rotatable bonds is 7. The molecule has 0 radical (unpaired) electrons. The number of hydrogen-bond acceptors (Lipinski definition) is 4. The first kappa shape index (κ1) is 15.0. The third-order valence-corrected chi connectivity index (χ3v) is 4.19. The first-order chi connectivity index (χ1) is 9.71. The van der Waals surface area contributed by atoms with Crippen LogP contribution in [-0.2, 0) is 13.1 Å². The van der Waals surface area contributed by atoms with E-state index in [0.717, 1.165) is 36.9 Å². The molecule has 0 atom stereocenters. The average molecular weight is 289 g/mol. The van der Waals surface area contributed by atoms with Gasteiger partial charge in [0.2, 0.25) is 0 Å². The summed E-state index contributed by atoms with van der Waals surface area (Å²) in [6.45, 7) is 10.4.